The third-order valence-corrected chi connectivity index (χ3v) is 5.68. The maximum Gasteiger partial charge on any atom is 0.211 e. The highest BCUT2D eigenvalue weighted by Gasteiger charge is 2.29. The van der Waals surface area contributed by atoms with Crippen molar-refractivity contribution in [3.05, 3.63) is 17.0 Å². The van der Waals surface area contributed by atoms with E-state index in [9.17, 15) is 13.5 Å². The number of hydrogen-bond donors (Lipinski definition) is 1. The van der Waals surface area contributed by atoms with E-state index >= 15 is 0 Å². The smallest absolute Gasteiger partial charge is 0.211 e. The minimum Gasteiger partial charge on any atom is -0.388 e. The number of aryl methyl sites for hydroxylation is 2. The van der Waals surface area contributed by atoms with Crippen LogP contribution in [0.4, 0.5) is 0 Å². The first-order valence-corrected chi connectivity index (χ1v) is 9.18. The molecular formula is C14H25N3O3S. The third-order valence-electron chi connectivity index (χ3n) is 4.41. The van der Waals surface area contributed by atoms with Gasteiger partial charge in [-0.15, -0.1) is 0 Å². The summed E-state index contributed by atoms with van der Waals surface area (Å²) in [6.07, 6.45) is 3.07. The Balaban J connectivity index is 2.07. The molecule has 2 heterocycles. The van der Waals surface area contributed by atoms with Crippen LogP contribution in [0.3, 0.4) is 0 Å². The number of sulfonamides is 1. The zero-order valence-corrected chi connectivity index (χ0v) is 14.0. The van der Waals surface area contributed by atoms with E-state index in [1.807, 2.05) is 20.9 Å². The van der Waals surface area contributed by atoms with Crippen LogP contribution in [0.25, 0.3) is 0 Å². The molecule has 2 unspecified atom stereocenters. The van der Waals surface area contributed by atoms with Gasteiger partial charge in [0.25, 0.3) is 0 Å². The fraction of sp³-hybridized carbons (Fsp3) is 0.786. The lowest BCUT2D eigenvalue weighted by molar-refractivity contribution is 0.121. The summed E-state index contributed by atoms with van der Waals surface area (Å²) in [6.45, 7) is 4.95. The van der Waals surface area contributed by atoms with Crippen molar-refractivity contribution in [1.82, 2.24) is 14.1 Å². The number of nitrogens with zero attached hydrogens (tertiary/aromatic N) is 3. The highest BCUT2D eigenvalue weighted by molar-refractivity contribution is 7.88. The van der Waals surface area contributed by atoms with Crippen molar-refractivity contribution < 1.29 is 13.5 Å². The van der Waals surface area contributed by atoms with Crippen molar-refractivity contribution in [2.45, 2.75) is 39.2 Å². The van der Waals surface area contributed by atoms with E-state index < -0.39 is 16.1 Å². The number of aliphatic hydroxyl groups excluding tert-OH is 1. The zero-order valence-electron chi connectivity index (χ0n) is 13.2. The average Bonchev–Trinajstić information content (AvgIpc) is 2.62. The van der Waals surface area contributed by atoms with Gasteiger partial charge in [-0.2, -0.15) is 5.10 Å². The molecule has 6 nitrogen and oxygen atoms in total. The molecule has 0 aliphatic carbocycles. The Kier molecular flexibility index (Phi) is 4.75. The molecule has 1 saturated heterocycles. The topological polar surface area (TPSA) is 75.4 Å². The second-order valence-corrected chi connectivity index (χ2v) is 8.07. The lowest BCUT2D eigenvalue weighted by Gasteiger charge is -2.32. The van der Waals surface area contributed by atoms with E-state index in [0.29, 0.717) is 19.5 Å². The molecule has 1 N–H and O–H groups in total. The van der Waals surface area contributed by atoms with Crippen molar-refractivity contribution in [3.8, 4) is 0 Å². The molecule has 1 aromatic rings. The Hall–Kier alpha value is -0.920. The molecule has 0 spiro atoms. The summed E-state index contributed by atoms with van der Waals surface area (Å²) in [4.78, 5) is 0. The van der Waals surface area contributed by atoms with Crippen molar-refractivity contribution in [2.75, 3.05) is 19.3 Å². The van der Waals surface area contributed by atoms with E-state index in [2.05, 4.69) is 5.10 Å². The molecule has 120 valence electrons. The van der Waals surface area contributed by atoms with Gasteiger partial charge in [0.05, 0.1) is 18.1 Å². The standard InChI is InChI=1S/C14H25N3O3S/c1-10-14(11(2)16(3)15-10)13(18)8-12-6-5-7-17(9-12)21(4,19)20/h12-13,18H,5-9H2,1-4H3. The van der Waals surface area contributed by atoms with Crippen molar-refractivity contribution in [1.29, 1.82) is 0 Å². The molecule has 1 aliphatic rings. The van der Waals surface area contributed by atoms with Crippen LogP contribution in [0.15, 0.2) is 0 Å². The quantitative estimate of drug-likeness (QED) is 0.904. The van der Waals surface area contributed by atoms with Crippen molar-refractivity contribution >= 4 is 10.0 Å². The van der Waals surface area contributed by atoms with Gasteiger partial charge >= 0.3 is 0 Å². The maximum absolute atomic E-state index is 11.6. The van der Waals surface area contributed by atoms with E-state index in [4.69, 9.17) is 0 Å². The molecule has 1 aliphatic heterocycles. The molecule has 1 aromatic heterocycles. The average molecular weight is 315 g/mol. The van der Waals surface area contributed by atoms with Gasteiger partial charge in [-0.3, -0.25) is 4.68 Å². The molecule has 0 radical (unpaired) electrons. The fourth-order valence-electron chi connectivity index (χ4n) is 3.23. The molecule has 0 aromatic carbocycles. The predicted molar refractivity (Wildman–Crippen MR) is 81.4 cm³/mol. The Morgan fingerprint density at radius 3 is 2.62 bits per heavy atom. The first kappa shape index (κ1) is 16.5. The normalized spacial score (nSPS) is 22.4. The minimum atomic E-state index is -3.14. The molecule has 7 heteroatoms. The molecule has 1 fully saturated rings. The van der Waals surface area contributed by atoms with Crippen molar-refractivity contribution in [2.24, 2.45) is 13.0 Å². The van der Waals surface area contributed by atoms with Crippen LogP contribution in [-0.2, 0) is 17.1 Å². The monoisotopic (exact) mass is 315 g/mol. The molecule has 2 atom stereocenters. The number of hydrogen-bond acceptors (Lipinski definition) is 4. The summed E-state index contributed by atoms with van der Waals surface area (Å²) in [5, 5.41) is 14.8. The van der Waals surface area contributed by atoms with Gasteiger partial charge < -0.3 is 5.11 Å². The van der Waals surface area contributed by atoms with Crippen LogP contribution in [0.2, 0.25) is 0 Å². The van der Waals surface area contributed by atoms with Crippen LogP contribution in [-0.4, -0.2) is 47.0 Å². The van der Waals surface area contributed by atoms with Gasteiger partial charge in [-0.25, -0.2) is 12.7 Å². The Morgan fingerprint density at radius 1 is 1.43 bits per heavy atom. The Bertz CT molecular complexity index is 609. The molecule has 21 heavy (non-hydrogen) atoms. The minimum absolute atomic E-state index is 0.197. The SMILES string of the molecule is Cc1nn(C)c(C)c1C(O)CC1CCCN(S(C)(=O)=O)C1. The highest BCUT2D eigenvalue weighted by Crippen LogP contribution is 2.31. The van der Waals surface area contributed by atoms with Gasteiger partial charge in [0, 0.05) is 31.4 Å². The first-order valence-electron chi connectivity index (χ1n) is 7.33. The molecular weight excluding hydrogens is 290 g/mol. The van der Waals surface area contributed by atoms with Gasteiger partial charge in [0.2, 0.25) is 10.0 Å². The molecule has 0 amide bonds. The number of aliphatic hydroxyl groups is 1. The van der Waals surface area contributed by atoms with Crippen molar-refractivity contribution in [3.63, 3.8) is 0 Å². The number of piperidine rings is 1. The predicted octanol–water partition coefficient (Wildman–Crippen LogP) is 1.13. The Morgan fingerprint density at radius 2 is 2.10 bits per heavy atom. The summed E-state index contributed by atoms with van der Waals surface area (Å²) < 4.78 is 26.6. The van der Waals surface area contributed by atoms with E-state index in [0.717, 1.165) is 29.8 Å². The van der Waals surface area contributed by atoms with Crippen LogP contribution in [0.1, 0.15) is 42.3 Å². The van der Waals surface area contributed by atoms with Gasteiger partial charge in [0.1, 0.15) is 0 Å². The van der Waals surface area contributed by atoms with Gasteiger partial charge in [0.15, 0.2) is 0 Å². The fourth-order valence-corrected chi connectivity index (χ4v) is 4.17. The lowest BCUT2D eigenvalue weighted by Crippen LogP contribution is -2.39. The van der Waals surface area contributed by atoms with Crippen LogP contribution in [0.5, 0.6) is 0 Å². The van der Waals surface area contributed by atoms with E-state index in [1.54, 1.807) is 4.68 Å². The molecule has 0 bridgehead atoms. The Labute approximate surface area is 126 Å². The first-order chi connectivity index (χ1) is 9.70. The van der Waals surface area contributed by atoms with Gasteiger partial charge in [-0.05, 0) is 39.0 Å². The number of rotatable bonds is 4. The summed E-state index contributed by atoms with van der Waals surface area (Å²) in [5.74, 6) is 0.197. The van der Waals surface area contributed by atoms with Gasteiger partial charge in [-0.1, -0.05) is 0 Å². The molecule has 0 saturated carbocycles. The maximum atomic E-state index is 11.6. The summed E-state index contributed by atoms with van der Waals surface area (Å²) in [5.41, 5.74) is 2.70. The lowest BCUT2D eigenvalue weighted by atomic mass is 9.90. The number of aromatic nitrogens is 2. The third kappa shape index (κ3) is 3.64. The largest absolute Gasteiger partial charge is 0.388 e. The highest BCUT2D eigenvalue weighted by atomic mass is 32.2. The van der Waals surface area contributed by atoms with E-state index in [1.165, 1.54) is 10.6 Å². The van der Waals surface area contributed by atoms with Crippen LogP contribution in [0, 0.1) is 19.8 Å². The second kappa shape index (κ2) is 6.06. The zero-order chi connectivity index (χ0) is 15.8. The summed E-state index contributed by atoms with van der Waals surface area (Å²) >= 11 is 0. The molecule has 2 rings (SSSR count). The second-order valence-electron chi connectivity index (χ2n) is 6.09. The summed E-state index contributed by atoms with van der Waals surface area (Å²) in [6, 6.07) is 0. The van der Waals surface area contributed by atoms with Crippen LogP contribution >= 0.6 is 0 Å². The summed E-state index contributed by atoms with van der Waals surface area (Å²) in [7, 11) is -1.27. The van der Waals surface area contributed by atoms with E-state index in [-0.39, 0.29) is 5.92 Å². The van der Waals surface area contributed by atoms with Crippen LogP contribution < -0.4 is 0 Å².